The Hall–Kier alpha value is -2.48. The summed E-state index contributed by atoms with van der Waals surface area (Å²) in [4.78, 5) is 14.2. The molecule has 26 heavy (non-hydrogen) atoms. The average molecular weight is 371 g/mol. The summed E-state index contributed by atoms with van der Waals surface area (Å²) >= 11 is 1.39. The Balaban J connectivity index is 1.53. The molecule has 1 aliphatic rings. The summed E-state index contributed by atoms with van der Waals surface area (Å²) < 4.78 is 15.1. The maximum Gasteiger partial charge on any atom is 0.232 e. The first-order valence-corrected chi connectivity index (χ1v) is 9.58. The lowest BCUT2D eigenvalue weighted by Gasteiger charge is -2.26. The summed E-state index contributed by atoms with van der Waals surface area (Å²) in [7, 11) is 0. The van der Waals surface area contributed by atoms with Crippen LogP contribution in [0.1, 0.15) is 19.3 Å². The fourth-order valence-electron chi connectivity index (χ4n) is 3.03. The summed E-state index contributed by atoms with van der Waals surface area (Å²) in [6.45, 7) is 1.70. The topological polar surface area (TPSA) is 63.4 Å². The quantitative estimate of drug-likeness (QED) is 0.660. The van der Waals surface area contributed by atoms with Crippen molar-refractivity contribution >= 4 is 23.3 Å². The van der Waals surface area contributed by atoms with Gasteiger partial charge in [0.15, 0.2) is 11.5 Å². The molecule has 3 aromatic rings. The highest BCUT2D eigenvalue weighted by molar-refractivity contribution is 7.99. The van der Waals surface area contributed by atoms with Gasteiger partial charge in [-0.05, 0) is 43.5 Å². The number of carbonyl (C=O) groups is 1. The van der Waals surface area contributed by atoms with Crippen LogP contribution in [0.2, 0.25) is 0 Å². The summed E-state index contributed by atoms with van der Waals surface area (Å²) in [6, 6.07) is 9.80. The van der Waals surface area contributed by atoms with Crippen molar-refractivity contribution in [1.82, 2.24) is 24.7 Å². The number of nitrogens with zero attached hydrogens (tertiary/aromatic N) is 5. The molecule has 2 aromatic heterocycles. The highest BCUT2D eigenvalue weighted by Gasteiger charge is 2.17. The molecule has 0 radical (unpaired) electrons. The second kappa shape index (κ2) is 7.41. The molecule has 0 unspecified atom stereocenters. The third-order valence-corrected chi connectivity index (χ3v) is 5.28. The summed E-state index contributed by atoms with van der Waals surface area (Å²) in [6.07, 6.45) is 3.36. The molecule has 1 aromatic carbocycles. The molecular formula is C18H18FN5OS. The predicted molar refractivity (Wildman–Crippen MR) is 97.3 cm³/mol. The zero-order valence-electron chi connectivity index (χ0n) is 14.1. The molecule has 1 aliphatic heterocycles. The second-order valence-electron chi connectivity index (χ2n) is 6.21. The second-order valence-corrected chi connectivity index (χ2v) is 7.20. The van der Waals surface area contributed by atoms with E-state index in [0.29, 0.717) is 27.8 Å². The number of rotatable bonds is 4. The fourth-order valence-corrected chi connectivity index (χ4v) is 3.78. The average Bonchev–Trinajstić information content (AvgIpc) is 3.10. The fraction of sp³-hybridized carbons (Fsp3) is 0.333. The van der Waals surface area contributed by atoms with Gasteiger partial charge in [0.25, 0.3) is 0 Å². The smallest absolute Gasteiger partial charge is 0.232 e. The minimum absolute atomic E-state index is 0.144. The van der Waals surface area contributed by atoms with Crippen molar-refractivity contribution < 1.29 is 9.18 Å². The van der Waals surface area contributed by atoms with Gasteiger partial charge >= 0.3 is 0 Å². The Morgan fingerprint density at radius 3 is 2.77 bits per heavy atom. The van der Waals surface area contributed by atoms with Crippen molar-refractivity contribution in [2.24, 2.45) is 0 Å². The third-order valence-electron chi connectivity index (χ3n) is 4.37. The lowest BCUT2D eigenvalue weighted by atomic mass is 10.1. The van der Waals surface area contributed by atoms with Crippen molar-refractivity contribution in [2.75, 3.05) is 18.8 Å². The van der Waals surface area contributed by atoms with Gasteiger partial charge in [0.1, 0.15) is 10.8 Å². The van der Waals surface area contributed by atoms with Gasteiger partial charge in [0.05, 0.1) is 5.75 Å². The number of carbonyl (C=O) groups excluding carboxylic acids is 1. The van der Waals surface area contributed by atoms with Crippen LogP contribution in [0, 0.1) is 5.82 Å². The van der Waals surface area contributed by atoms with Crippen LogP contribution in [0.5, 0.6) is 0 Å². The molecule has 0 atom stereocenters. The first-order valence-electron chi connectivity index (χ1n) is 8.60. The number of piperidine rings is 1. The number of likely N-dealkylation sites (tertiary alicyclic amines) is 1. The Kier molecular flexibility index (Phi) is 4.83. The summed E-state index contributed by atoms with van der Waals surface area (Å²) in [5, 5.41) is 13.4. The van der Waals surface area contributed by atoms with E-state index in [0.717, 1.165) is 25.9 Å². The van der Waals surface area contributed by atoms with Gasteiger partial charge in [-0.1, -0.05) is 23.9 Å². The normalized spacial score (nSPS) is 14.7. The minimum atomic E-state index is -0.336. The number of hydrogen-bond acceptors (Lipinski definition) is 5. The maximum absolute atomic E-state index is 13.5. The van der Waals surface area contributed by atoms with E-state index >= 15 is 0 Å². The molecule has 1 saturated heterocycles. The van der Waals surface area contributed by atoms with E-state index in [4.69, 9.17) is 0 Å². The zero-order valence-corrected chi connectivity index (χ0v) is 15.0. The number of aromatic nitrogens is 4. The number of amides is 1. The van der Waals surface area contributed by atoms with Crippen molar-refractivity contribution in [2.45, 2.75) is 24.3 Å². The summed E-state index contributed by atoms with van der Waals surface area (Å²) in [5.74, 6) is 0.641. The van der Waals surface area contributed by atoms with E-state index in [-0.39, 0.29) is 11.7 Å². The lowest BCUT2D eigenvalue weighted by molar-refractivity contribution is -0.129. The first kappa shape index (κ1) is 17.0. The van der Waals surface area contributed by atoms with E-state index in [1.54, 1.807) is 22.7 Å². The first-order chi connectivity index (χ1) is 12.7. The predicted octanol–water partition coefficient (Wildman–Crippen LogP) is 3.04. The van der Waals surface area contributed by atoms with E-state index in [9.17, 15) is 9.18 Å². The van der Waals surface area contributed by atoms with Crippen molar-refractivity contribution in [3.05, 3.63) is 42.2 Å². The molecule has 3 heterocycles. The van der Waals surface area contributed by atoms with Gasteiger partial charge in [0.2, 0.25) is 5.91 Å². The molecule has 0 saturated carbocycles. The van der Waals surface area contributed by atoms with Gasteiger partial charge in [-0.25, -0.2) is 4.39 Å². The maximum atomic E-state index is 13.5. The number of hydrogen-bond donors (Lipinski definition) is 0. The summed E-state index contributed by atoms with van der Waals surface area (Å²) in [5.41, 5.74) is 1.19. The molecule has 0 aliphatic carbocycles. The standard InChI is InChI=1S/C18H18FN5OS/c19-14-6-4-5-13(11-14)18-21-20-15-7-8-16(22-24(15)18)26-12-17(25)23-9-2-1-3-10-23/h4-8,11H,1-3,9-10,12H2. The van der Waals surface area contributed by atoms with Crippen LogP contribution in [0.25, 0.3) is 17.0 Å². The molecule has 1 amide bonds. The van der Waals surface area contributed by atoms with Gasteiger partial charge in [-0.2, -0.15) is 9.61 Å². The molecule has 0 N–H and O–H groups in total. The zero-order chi connectivity index (χ0) is 17.9. The van der Waals surface area contributed by atoms with Crippen LogP contribution in [-0.2, 0) is 4.79 Å². The number of thioether (sulfide) groups is 1. The molecular weight excluding hydrogens is 353 g/mol. The van der Waals surface area contributed by atoms with Crippen LogP contribution in [0.15, 0.2) is 41.4 Å². The Bertz CT molecular complexity index is 938. The van der Waals surface area contributed by atoms with Crippen LogP contribution in [-0.4, -0.2) is 49.5 Å². The van der Waals surface area contributed by atoms with Crippen molar-refractivity contribution in [3.63, 3.8) is 0 Å². The van der Waals surface area contributed by atoms with Gasteiger partial charge in [-0.3, -0.25) is 4.79 Å². The number of benzene rings is 1. The Morgan fingerprint density at radius 2 is 1.96 bits per heavy atom. The minimum Gasteiger partial charge on any atom is -0.342 e. The largest absolute Gasteiger partial charge is 0.342 e. The highest BCUT2D eigenvalue weighted by atomic mass is 32.2. The number of halogens is 1. The van der Waals surface area contributed by atoms with Gasteiger partial charge in [0, 0.05) is 18.7 Å². The lowest BCUT2D eigenvalue weighted by Crippen LogP contribution is -2.36. The van der Waals surface area contributed by atoms with Crippen molar-refractivity contribution in [1.29, 1.82) is 0 Å². The van der Waals surface area contributed by atoms with E-state index in [1.807, 2.05) is 11.0 Å². The van der Waals surface area contributed by atoms with E-state index in [1.165, 1.54) is 30.3 Å². The number of fused-ring (bicyclic) bond motifs is 1. The Labute approximate surface area is 154 Å². The van der Waals surface area contributed by atoms with Crippen LogP contribution in [0.4, 0.5) is 4.39 Å². The molecule has 134 valence electrons. The van der Waals surface area contributed by atoms with E-state index < -0.39 is 0 Å². The monoisotopic (exact) mass is 371 g/mol. The molecule has 4 rings (SSSR count). The molecule has 8 heteroatoms. The molecule has 1 fully saturated rings. The van der Waals surface area contributed by atoms with Gasteiger partial charge in [-0.15, -0.1) is 10.2 Å². The molecule has 0 spiro atoms. The van der Waals surface area contributed by atoms with Crippen LogP contribution in [0.3, 0.4) is 0 Å². The highest BCUT2D eigenvalue weighted by Crippen LogP contribution is 2.22. The Morgan fingerprint density at radius 1 is 1.12 bits per heavy atom. The molecule has 0 bridgehead atoms. The van der Waals surface area contributed by atoms with Crippen LogP contribution < -0.4 is 0 Å². The van der Waals surface area contributed by atoms with E-state index in [2.05, 4.69) is 15.3 Å². The molecule has 6 nitrogen and oxygen atoms in total. The van der Waals surface area contributed by atoms with Crippen LogP contribution >= 0.6 is 11.8 Å². The van der Waals surface area contributed by atoms with Gasteiger partial charge < -0.3 is 4.90 Å². The third kappa shape index (κ3) is 3.55. The van der Waals surface area contributed by atoms with Crippen molar-refractivity contribution in [3.8, 4) is 11.4 Å². The SMILES string of the molecule is O=C(CSc1ccc2nnc(-c3cccc(F)c3)n2n1)N1CCCCC1.